The molecule has 254 valence electrons. The molecule has 0 unspecified atom stereocenters. The van der Waals surface area contributed by atoms with E-state index in [2.05, 4.69) is 146 Å². The van der Waals surface area contributed by atoms with Gasteiger partial charge in [-0.1, -0.05) is 26.0 Å². The molecule has 0 spiro atoms. The largest absolute Gasteiger partial charge is 0.355 e. The van der Waals surface area contributed by atoms with Crippen molar-refractivity contribution in [2.24, 2.45) is 0 Å². The molecule has 2 N–H and O–H groups in total. The molecule has 7 rings (SSSR count). The van der Waals surface area contributed by atoms with E-state index in [9.17, 15) is 0 Å². The second-order valence-electron chi connectivity index (χ2n) is 13.8. The normalized spacial score (nSPS) is 13.1. The molecule has 8 bridgehead atoms. The van der Waals surface area contributed by atoms with Crippen LogP contribution in [0.25, 0.3) is 44.4 Å². The number of allylic oxidation sites excluding steroid dienone is 4. The number of rotatable bonds is 10. The number of nitrogens with one attached hydrogen (secondary N) is 2. The lowest BCUT2D eigenvalue weighted by molar-refractivity contribution is -0.697. The van der Waals surface area contributed by atoms with Gasteiger partial charge in [-0.05, 0) is 122 Å². The molecule has 6 heteroatoms. The third kappa shape index (κ3) is 6.59. The fourth-order valence-corrected chi connectivity index (χ4v) is 7.80. The van der Waals surface area contributed by atoms with Crippen molar-refractivity contribution in [1.29, 1.82) is 0 Å². The highest BCUT2D eigenvalue weighted by molar-refractivity contribution is 5.95. The molecule has 0 amide bonds. The third-order valence-corrected chi connectivity index (χ3v) is 10.7. The van der Waals surface area contributed by atoms with Crippen LogP contribution in [0.15, 0.2) is 85.5 Å². The Morgan fingerprint density at radius 3 is 1.38 bits per heavy atom. The summed E-state index contributed by atoms with van der Waals surface area (Å²) in [4.78, 5) is 18.4. The molecule has 0 aromatic carbocycles. The van der Waals surface area contributed by atoms with E-state index < -0.39 is 0 Å². The van der Waals surface area contributed by atoms with Crippen LogP contribution in [-0.2, 0) is 25.9 Å². The van der Waals surface area contributed by atoms with Gasteiger partial charge in [0.2, 0.25) is 0 Å². The minimum atomic E-state index is 0.950. The maximum atomic E-state index is 5.38. The highest BCUT2D eigenvalue weighted by Gasteiger charge is 2.22. The summed E-state index contributed by atoms with van der Waals surface area (Å²) < 4.78 is 4.53. The van der Waals surface area contributed by atoms with Crippen molar-refractivity contribution in [3.63, 3.8) is 0 Å². The summed E-state index contributed by atoms with van der Waals surface area (Å²) in [5.74, 6) is 0. The second-order valence-corrected chi connectivity index (χ2v) is 13.8. The quantitative estimate of drug-likeness (QED) is 0.146. The van der Waals surface area contributed by atoms with Gasteiger partial charge in [-0.15, -0.1) is 0 Å². The van der Waals surface area contributed by atoms with Crippen molar-refractivity contribution >= 4 is 44.4 Å². The predicted molar refractivity (Wildman–Crippen MR) is 206 cm³/mol. The minimum absolute atomic E-state index is 0.950. The van der Waals surface area contributed by atoms with Crippen molar-refractivity contribution in [3.05, 3.63) is 130 Å². The number of fused-ring (bicyclic) bond motifs is 8. The first-order valence-corrected chi connectivity index (χ1v) is 18.4. The van der Waals surface area contributed by atoms with Gasteiger partial charge in [0.25, 0.3) is 0 Å². The van der Waals surface area contributed by atoms with E-state index in [1.807, 2.05) is 0 Å². The summed E-state index contributed by atoms with van der Waals surface area (Å²) in [6.07, 6.45) is 14.5. The highest BCUT2D eigenvalue weighted by atomic mass is 14.9. The van der Waals surface area contributed by atoms with E-state index >= 15 is 0 Å². The molecule has 0 atom stereocenters. The second kappa shape index (κ2) is 14.4. The molecular formula is C44H50N6+2. The number of H-pyrrole nitrogens is 2. The molecule has 0 radical (unpaired) electrons. The smallest absolute Gasteiger partial charge is 0.168 e. The Morgan fingerprint density at radius 2 is 0.920 bits per heavy atom. The molecule has 5 aromatic rings. The summed E-state index contributed by atoms with van der Waals surface area (Å²) in [6.45, 7) is 15.4. The van der Waals surface area contributed by atoms with E-state index in [1.54, 1.807) is 0 Å². The van der Waals surface area contributed by atoms with Crippen LogP contribution in [-0.4, -0.2) is 19.9 Å². The average molecular weight is 663 g/mol. The van der Waals surface area contributed by atoms with Crippen LogP contribution in [0.2, 0.25) is 0 Å². The van der Waals surface area contributed by atoms with Gasteiger partial charge >= 0.3 is 0 Å². The minimum Gasteiger partial charge on any atom is -0.355 e. The van der Waals surface area contributed by atoms with Crippen molar-refractivity contribution in [1.82, 2.24) is 19.9 Å². The summed E-state index contributed by atoms with van der Waals surface area (Å²) in [7, 11) is 0. The molecule has 0 fully saturated rings. The summed E-state index contributed by atoms with van der Waals surface area (Å²) in [5.41, 5.74) is 19.2. The van der Waals surface area contributed by atoms with Crippen molar-refractivity contribution in [3.8, 4) is 0 Å². The lowest BCUT2D eigenvalue weighted by atomic mass is 9.98. The Balaban J connectivity index is 1.42. The van der Waals surface area contributed by atoms with Gasteiger partial charge in [0.15, 0.2) is 24.8 Å². The van der Waals surface area contributed by atoms with Crippen LogP contribution in [0.1, 0.15) is 98.4 Å². The first-order chi connectivity index (χ1) is 24.3. The van der Waals surface area contributed by atoms with Crippen LogP contribution in [0.4, 0.5) is 0 Å². The van der Waals surface area contributed by atoms with Crippen molar-refractivity contribution < 1.29 is 9.13 Å². The van der Waals surface area contributed by atoms with Gasteiger partial charge in [0, 0.05) is 59.2 Å². The summed E-state index contributed by atoms with van der Waals surface area (Å²) in [6, 6.07) is 21.7. The number of hydrogen-bond donors (Lipinski definition) is 2. The van der Waals surface area contributed by atoms with Crippen molar-refractivity contribution in [2.75, 3.05) is 0 Å². The number of nitrogens with zero attached hydrogens (tertiary/aromatic N) is 4. The number of aromatic amines is 2. The molecule has 5 aromatic heterocycles. The molecule has 7 heterocycles. The number of hydrogen-bond acceptors (Lipinski definition) is 2. The number of aromatic nitrogens is 6. The van der Waals surface area contributed by atoms with Crippen LogP contribution < -0.4 is 9.13 Å². The van der Waals surface area contributed by atoms with Crippen molar-refractivity contribution in [2.45, 2.75) is 93.2 Å². The molecule has 2 aliphatic rings. The van der Waals surface area contributed by atoms with Gasteiger partial charge in [-0.3, -0.25) is 0 Å². The van der Waals surface area contributed by atoms with Gasteiger partial charge < -0.3 is 9.97 Å². The standard InChI is InChI=1S/C44H50N6/c1-7-33-29(3)37-25-38-31(5)35(17-15-23-49-19-11-9-12-20-49)43(47-38)28-44-36(18-16-24-50-21-13-10-14-22-50)32(6)40(48-44)27-42-34(8-2)30(4)39(46-42)26-41(33)45-37/h9-14,19-22,25-28,45-46H,7-8,15-18,23-24H2,1-6H3/q+2. The van der Waals surface area contributed by atoms with E-state index in [0.717, 1.165) is 90.9 Å². The zero-order valence-corrected chi connectivity index (χ0v) is 30.5. The Morgan fingerprint density at radius 1 is 0.500 bits per heavy atom. The van der Waals surface area contributed by atoms with Gasteiger partial charge in [0.05, 0.1) is 22.8 Å². The van der Waals surface area contributed by atoms with Crippen LogP contribution >= 0.6 is 0 Å². The molecule has 50 heavy (non-hydrogen) atoms. The number of pyridine rings is 2. The van der Waals surface area contributed by atoms with E-state index in [-0.39, 0.29) is 0 Å². The van der Waals surface area contributed by atoms with Crippen LogP contribution in [0.5, 0.6) is 0 Å². The first kappa shape index (κ1) is 33.4. The molecule has 0 saturated carbocycles. The fourth-order valence-electron chi connectivity index (χ4n) is 7.80. The average Bonchev–Trinajstić information content (AvgIpc) is 3.79. The van der Waals surface area contributed by atoms with E-state index in [4.69, 9.17) is 9.97 Å². The number of aryl methyl sites for hydroxylation is 6. The fraction of sp³-hybridized carbons (Fsp3) is 0.318. The Bertz CT molecular complexity index is 2270. The monoisotopic (exact) mass is 662 g/mol. The van der Waals surface area contributed by atoms with Gasteiger partial charge in [0.1, 0.15) is 13.1 Å². The van der Waals surface area contributed by atoms with E-state index in [1.165, 1.54) is 50.1 Å². The molecule has 2 aliphatic heterocycles. The Labute approximate surface area is 296 Å². The topological polar surface area (TPSA) is 65.1 Å². The first-order valence-electron chi connectivity index (χ1n) is 18.4. The zero-order valence-electron chi connectivity index (χ0n) is 30.5. The predicted octanol–water partition coefficient (Wildman–Crippen LogP) is 9.45. The molecule has 0 saturated heterocycles. The molecular weight excluding hydrogens is 613 g/mol. The maximum Gasteiger partial charge on any atom is 0.168 e. The van der Waals surface area contributed by atoms with Crippen LogP contribution in [0, 0.1) is 13.8 Å². The molecule has 6 nitrogen and oxygen atoms in total. The van der Waals surface area contributed by atoms with Gasteiger partial charge in [-0.2, -0.15) is 0 Å². The van der Waals surface area contributed by atoms with E-state index in [0.29, 0.717) is 0 Å². The SMILES string of the molecule is CCc1c(C)c2cc3[nH]c(cc4nc(cc5nc(cc1[nH]2)C(C)=C5CCC[n+]1ccccc1)C(CCC[n+]1ccccc1)=C4C)c(C)c3CC. The zero-order chi connectivity index (χ0) is 34.8. The Kier molecular flexibility index (Phi) is 9.62. The molecule has 0 aliphatic carbocycles. The van der Waals surface area contributed by atoms with Gasteiger partial charge in [-0.25, -0.2) is 19.1 Å². The van der Waals surface area contributed by atoms with Crippen LogP contribution in [0.3, 0.4) is 0 Å². The maximum absolute atomic E-state index is 5.38. The Hall–Kier alpha value is -5.10. The lowest BCUT2D eigenvalue weighted by Gasteiger charge is -2.06. The third-order valence-electron chi connectivity index (χ3n) is 10.7. The lowest BCUT2D eigenvalue weighted by Crippen LogP contribution is -2.32. The highest BCUT2D eigenvalue weighted by Crippen LogP contribution is 2.38. The summed E-state index contributed by atoms with van der Waals surface area (Å²) in [5, 5.41) is 0. The summed E-state index contributed by atoms with van der Waals surface area (Å²) >= 11 is 0.